The Kier molecular flexibility index (Phi) is 3.22. The number of imidazole rings is 1. The van der Waals surface area contributed by atoms with Crippen molar-refractivity contribution in [2.75, 3.05) is 0 Å². The van der Waals surface area contributed by atoms with E-state index in [4.69, 9.17) is 11.6 Å². The molecular formula is C16H14ClFN2. The molecule has 0 aliphatic carbocycles. The number of hydrogen-bond acceptors (Lipinski definition) is 1. The maximum absolute atomic E-state index is 13.9. The van der Waals surface area contributed by atoms with Gasteiger partial charge in [0, 0.05) is 5.69 Å². The highest BCUT2D eigenvalue weighted by molar-refractivity contribution is 6.17. The fraction of sp³-hybridized carbons (Fsp3) is 0.188. The summed E-state index contributed by atoms with van der Waals surface area (Å²) in [7, 11) is 0. The van der Waals surface area contributed by atoms with Gasteiger partial charge in [-0.25, -0.2) is 9.37 Å². The zero-order valence-electron chi connectivity index (χ0n) is 11.3. The monoisotopic (exact) mass is 288 g/mol. The van der Waals surface area contributed by atoms with E-state index in [2.05, 4.69) is 24.9 Å². The van der Waals surface area contributed by atoms with Crippen molar-refractivity contribution < 1.29 is 4.39 Å². The van der Waals surface area contributed by atoms with Crippen molar-refractivity contribution in [1.82, 2.24) is 9.55 Å². The number of aryl methyl sites for hydroxylation is 2. The Morgan fingerprint density at radius 2 is 1.95 bits per heavy atom. The van der Waals surface area contributed by atoms with E-state index in [0.29, 0.717) is 11.3 Å². The molecule has 1 heterocycles. The van der Waals surface area contributed by atoms with Crippen LogP contribution in [0.3, 0.4) is 0 Å². The van der Waals surface area contributed by atoms with E-state index in [9.17, 15) is 4.39 Å². The van der Waals surface area contributed by atoms with Crippen LogP contribution >= 0.6 is 11.6 Å². The van der Waals surface area contributed by atoms with Gasteiger partial charge in [0.1, 0.15) is 11.3 Å². The third kappa shape index (κ3) is 1.98. The summed E-state index contributed by atoms with van der Waals surface area (Å²) in [5.74, 6) is 0.563. The Bertz CT molecular complexity index is 793. The van der Waals surface area contributed by atoms with Gasteiger partial charge < -0.3 is 0 Å². The number of halogens is 2. The summed E-state index contributed by atoms with van der Waals surface area (Å²) in [5.41, 5.74) is 4.46. The standard InChI is InChI=1S/C16H14ClFN2/c1-10-6-7-12(8-11(10)2)20-14-5-3-4-13(18)16(14)19-15(20)9-17/h3-8H,9H2,1-2H3. The molecule has 0 aliphatic rings. The lowest BCUT2D eigenvalue weighted by atomic mass is 10.1. The van der Waals surface area contributed by atoms with Gasteiger partial charge in [-0.3, -0.25) is 4.57 Å². The second-order valence-electron chi connectivity index (χ2n) is 4.87. The predicted molar refractivity (Wildman–Crippen MR) is 80.1 cm³/mol. The van der Waals surface area contributed by atoms with Crippen molar-refractivity contribution in [2.45, 2.75) is 19.7 Å². The molecule has 0 amide bonds. The number of aromatic nitrogens is 2. The molecule has 2 nitrogen and oxygen atoms in total. The highest BCUT2D eigenvalue weighted by Crippen LogP contribution is 2.25. The Hall–Kier alpha value is -1.87. The Morgan fingerprint density at radius 3 is 2.65 bits per heavy atom. The smallest absolute Gasteiger partial charge is 0.151 e. The molecular weight excluding hydrogens is 275 g/mol. The number of nitrogens with zero attached hydrogens (tertiary/aromatic N) is 2. The summed E-state index contributed by atoms with van der Waals surface area (Å²) < 4.78 is 15.8. The summed E-state index contributed by atoms with van der Waals surface area (Å²) in [6.45, 7) is 4.12. The lowest BCUT2D eigenvalue weighted by molar-refractivity contribution is 0.637. The molecule has 102 valence electrons. The van der Waals surface area contributed by atoms with Crippen molar-refractivity contribution in [3.8, 4) is 5.69 Å². The van der Waals surface area contributed by atoms with Gasteiger partial charge >= 0.3 is 0 Å². The van der Waals surface area contributed by atoms with Gasteiger partial charge in [-0.2, -0.15) is 0 Å². The SMILES string of the molecule is Cc1ccc(-n2c(CCl)nc3c(F)cccc32)cc1C. The zero-order chi connectivity index (χ0) is 14.3. The second kappa shape index (κ2) is 4.91. The van der Waals surface area contributed by atoms with Crippen LogP contribution in [0, 0.1) is 19.7 Å². The summed E-state index contributed by atoms with van der Waals surface area (Å²) in [6.07, 6.45) is 0. The molecule has 0 aliphatic heterocycles. The number of hydrogen-bond donors (Lipinski definition) is 0. The zero-order valence-corrected chi connectivity index (χ0v) is 12.1. The van der Waals surface area contributed by atoms with Crippen LogP contribution in [0.15, 0.2) is 36.4 Å². The third-order valence-electron chi connectivity index (χ3n) is 3.57. The number of rotatable bonds is 2. The fourth-order valence-corrected chi connectivity index (χ4v) is 2.53. The largest absolute Gasteiger partial charge is 0.295 e. The maximum atomic E-state index is 13.9. The van der Waals surface area contributed by atoms with Crippen LogP contribution in [-0.2, 0) is 5.88 Å². The molecule has 0 bridgehead atoms. The predicted octanol–water partition coefficient (Wildman–Crippen LogP) is 4.52. The van der Waals surface area contributed by atoms with Crippen molar-refractivity contribution in [3.05, 3.63) is 59.2 Å². The number of fused-ring (bicyclic) bond motifs is 1. The summed E-state index contributed by atoms with van der Waals surface area (Å²) >= 11 is 5.97. The van der Waals surface area contributed by atoms with Gasteiger partial charge in [0.05, 0.1) is 11.4 Å². The topological polar surface area (TPSA) is 17.8 Å². The molecule has 1 aromatic heterocycles. The molecule has 4 heteroatoms. The Morgan fingerprint density at radius 1 is 1.15 bits per heavy atom. The minimum Gasteiger partial charge on any atom is -0.295 e. The minimum atomic E-state index is -0.323. The highest BCUT2D eigenvalue weighted by Gasteiger charge is 2.14. The average Bonchev–Trinajstić information content (AvgIpc) is 2.82. The molecule has 0 spiro atoms. The van der Waals surface area contributed by atoms with E-state index in [1.165, 1.54) is 17.2 Å². The van der Waals surface area contributed by atoms with E-state index >= 15 is 0 Å². The average molecular weight is 289 g/mol. The maximum Gasteiger partial charge on any atom is 0.151 e. The molecule has 0 radical (unpaired) electrons. The van der Waals surface area contributed by atoms with Crippen LogP contribution in [-0.4, -0.2) is 9.55 Å². The van der Waals surface area contributed by atoms with Crippen LogP contribution in [0.2, 0.25) is 0 Å². The van der Waals surface area contributed by atoms with Crippen LogP contribution in [0.1, 0.15) is 17.0 Å². The second-order valence-corrected chi connectivity index (χ2v) is 5.14. The number of alkyl halides is 1. The highest BCUT2D eigenvalue weighted by atomic mass is 35.5. The van der Waals surface area contributed by atoms with Gasteiger partial charge in [-0.1, -0.05) is 12.1 Å². The fourth-order valence-electron chi connectivity index (χ4n) is 2.36. The van der Waals surface area contributed by atoms with E-state index in [-0.39, 0.29) is 11.7 Å². The first-order valence-electron chi connectivity index (χ1n) is 6.41. The summed E-state index contributed by atoms with van der Waals surface area (Å²) in [6, 6.07) is 11.1. The lowest BCUT2D eigenvalue weighted by Gasteiger charge is -2.10. The first-order valence-corrected chi connectivity index (χ1v) is 6.94. The molecule has 2 aromatic carbocycles. The number of benzene rings is 2. The quantitative estimate of drug-likeness (QED) is 0.634. The molecule has 20 heavy (non-hydrogen) atoms. The molecule has 0 unspecified atom stereocenters. The van der Waals surface area contributed by atoms with Gasteiger partial charge in [0.25, 0.3) is 0 Å². The van der Waals surface area contributed by atoms with E-state index < -0.39 is 0 Å². The van der Waals surface area contributed by atoms with E-state index in [1.807, 2.05) is 22.8 Å². The lowest BCUT2D eigenvalue weighted by Crippen LogP contribution is -2.00. The Labute approximate surface area is 121 Å². The van der Waals surface area contributed by atoms with Crippen LogP contribution < -0.4 is 0 Å². The molecule has 0 saturated heterocycles. The van der Waals surface area contributed by atoms with E-state index in [0.717, 1.165) is 11.2 Å². The molecule has 3 rings (SSSR count). The van der Waals surface area contributed by atoms with Crippen LogP contribution in [0.4, 0.5) is 4.39 Å². The normalized spacial score (nSPS) is 11.2. The van der Waals surface area contributed by atoms with Gasteiger partial charge in [-0.15, -0.1) is 11.6 Å². The van der Waals surface area contributed by atoms with Crippen LogP contribution in [0.25, 0.3) is 16.7 Å². The van der Waals surface area contributed by atoms with E-state index in [1.54, 1.807) is 6.07 Å². The molecule has 0 fully saturated rings. The molecule has 3 aromatic rings. The van der Waals surface area contributed by atoms with Crippen molar-refractivity contribution >= 4 is 22.6 Å². The molecule has 0 saturated carbocycles. The molecule has 0 N–H and O–H groups in total. The summed E-state index contributed by atoms with van der Waals surface area (Å²) in [4.78, 5) is 4.32. The molecule has 0 atom stereocenters. The van der Waals surface area contributed by atoms with Gasteiger partial charge in [0.15, 0.2) is 5.82 Å². The van der Waals surface area contributed by atoms with Crippen molar-refractivity contribution in [3.63, 3.8) is 0 Å². The minimum absolute atomic E-state index is 0.237. The van der Waals surface area contributed by atoms with Crippen molar-refractivity contribution in [1.29, 1.82) is 0 Å². The first kappa shape index (κ1) is 13.1. The van der Waals surface area contributed by atoms with Gasteiger partial charge in [-0.05, 0) is 49.2 Å². The first-order chi connectivity index (χ1) is 9.61. The van der Waals surface area contributed by atoms with Crippen LogP contribution in [0.5, 0.6) is 0 Å². The van der Waals surface area contributed by atoms with Crippen molar-refractivity contribution in [2.24, 2.45) is 0 Å². The Balaban J connectivity index is 2.34. The summed E-state index contributed by atoms with van der Waals surface area (Å²) in [5, 5.41) is 0. The third-order valence-corrected chi connectivity index (χ3v) is 3.81. The van der Waals surface area contributed by atoms with Gasteiger partial charge in [0.2, 0.25) is 0 Å². The number of para-hydroxylation sites is 1.